The van der Waals surface area contributed by atoms with E-state index in [4.69, 9.17) is 0 Å². The van der Waals surface area contributed by atoms with Gasteiger partial charge in [-0.1, -0.05) is 24.8 Å². The van der Waals surface area contributed by atoms with Gasteiger partial charge in [0.05, 0.1) is 0 Å². The fourth-order valence-corrected chi connectivity index (χ4v) is 2.53. The number of hydrogen-bond donors (Lipinski definition) is 1. The van der Waals surface area contributed by atoms with Crippen molar-refractivity contribution in [2.45, 2.75) is 12.8 Å². The zero-order valence-electron chi connectivity index (χ0n) is 12.8. The van der Waals surface area contributed by atoms with E-state index in [1.807, 2.05) is 23.1 Å². The van der Waals surface area contributed by atoms with Gasteiger partial charge < -0.3 is 15.1 Å². The lowest BCUT2D eigenvalue weighted by Crippen LogP contribution is -2.48. The summed E-state index contributed by atoms with van der Waals surface area (Å²) < 4.78 is 0. The molecule has 0 spiro atoms. The molecular weight excluding hydrogens is 278 g/mol. The van der Waals surface area contributed by atoms with E-state index in [0.29, 0.717) is 19.4 Å². The molecule has 1 heterocycles. The third-order valence-corrected chi connectivity index (χ3v) is 3.81. The lowest BCUT2D eigenvalue weighted by molar-refractivity contribution is -0.131. The van der Waals surface area contributed by atoms with Crippen LogP contribution in [0.3, 0.4) is 0 Å². The summed E-state index contributed by atoms with van der Waals surface area (Å²) in [6.07, 6.45) is 2.38. The molecule has 1 aromatic carbocycles. The summed E-state index contributed by atoms with van der Waals surface area (Å²) in [7, 11) is 0. The molecular formula is C17H23N3O2. The number of carbonyl (C=O) groups is 2. The number of carbonyl (C=O) groups excluding carboxylic acids is 2. The van der Waals surface area contributed by atoms with E-state index in [2.05, 4.69) is 28.9 Å². The molecule has 2 rings (SSSR count). The van der Waals surface area contributed by atoms with E-state index >= 15 is 0 Å². The number of rotatable bonds is 6. The molecule has 0 saturated carbocycles. The molecule has 2 amide bonds. The normalized spacial score (nSPS) is 14.5. The maximum absolute atomic E-state index is 12.1. The van der Waals surface area contributed by atoms with Gasteiger partial charge in [-0.2, -0.15) is 0 Å². The molecule has 0 bridgehead atoms. The van der Waals surface area contributed by atoms with E-state index in [9.17, 15) is 9.59 Å². The molecule has 1 saturated heterocycles. The van der Waals surface area contributed by atoms with Crippen molar-refractivity contribution in [2.24, 2.45) is 0 Å². The zero-order valence-corrected chi connectivity index (χ0v) is 12.8. The van der Waals surface area contributed by atoms with Gasteiger partial charge in [0.2, 0.25) is 11.8 Å². The second-order valence-corrected chi connectivity index (χ2v) is 5.30. The molecule has 1 aliphatic rings. The first-order valence-corrected chi connectivity index (χ1v) is 7.69. The summed E-state index contributed by atoms with van der Waals surface area (Å²) in [5.74, 6) is -0.0236. The van der Waals surface area contributed by atoms with Gasteiger partial charge >= 0.3 is 0 Å². The van der Waals surface area contributed by atoms with Crippen molar-refractivity contribution in [2.75, 3.05) is 37.6 Å². The summed E-state index contributed by atoms with van der Waals surface area (Å²) in [6.45, 7) is 7.14. The first-order valence-electron chi connectivity index (χ1n) is 7.69. The summed E-state index contributed by atoms with van der Waals surface area (Å²) in [4.78, 5) is 27.3. The van der Waals surface area contributed by atoms with Crippen LogP contribution in [0.15, 0.2) is 43.0 Å². The molecule has 22 heavy (non-hydrogen) atoms. The van der Waals surface area contributed by atoms with Gasteiger partial charge in [0.15, 0.2) is 0 Å². The largest absolute Gasteiger partial charge is 0.368 e. The van der Waals surface area contributed by atoms with Gasteiger partial charge in [-0.3, -0.25) is 9.59 Å². The Morgan fingerprint density at radius 2 is 1.82 bits per heavy atom. The van der Waals surface area contributed by atoms with E-state index in [1.165, 1.54) is 11.8 Å². The Hall–Kier alpha value is -2.30. The van der Waals surface area contributed by atoms with Gasteiger partial charge in [0, 0.05) is 44.8 Å². The quantitative estimate of drug-likeness (QED) is 0.638. The standard InChI is InChI=1S/C17H23N3O2/c1-2-16(21)18-10-6-9-17(22)20-13-11-19(12-14-20)15-7-4-3-5-8-15/h2-5,7-8H,1,6,9-14H2,(H,18,21). The second kappa shape index (κ2) is 8.22. The number of hydrogen-bond acceptors (Lipinski definition) is 3. The van der Waals surface area contributed by atoms with Crippen molar-refractivity contribution in [1.29, 1.82) is 0 Å². The second-order valence-electron chi connectivity index (χ2n) is 5.30. The van der Waals surface area contributed by atoms with Crippen LogP contribution < -0.4 is 10.2 Å². The Labute approximate surface area is 131 Å². The van der Waals surface area contributed by atoms with Crippen LogP contribution in [0.4, 0.5) is 5.69 Å². The molecule has 0 unspecified atom stereocenters. The van der Waals surface area contributed by atoms with Crippen LogP contribution in [0.25, 0.3) is 0 Å². The number of para-hydroxylation sites is 1. The van der Waals surface area contributed by atoms with Crippen LogP contribution in [0.5, 0.6) is 0 Å². The lowest BCUT2D eigenvalue weighted by Gasteiger charge is -2.36. The number of piperazine rings is 1. The highest BCUT2D eigenvalue weighted by molar-refractivity contribution is 5.86. The van der Waals surface area contributed by atoms with Crippen LogP contribution in [-0.4, -0.2) is 49.4 Å². The fraction of sp³-hybridized carbons (Fsp3) is 0.412. The van der Waals surface area contributed by atoms with Crippen molar-refractivity contribution in [3.8, 4) is 0 Å². The van der Waals surface area contributed by atoms with Crippen LogP contribution in [-0.2, 0) is 9.59 Å². The Morgan fingerprint density at radius 1 is 1.14 bits per heavy atom. The monoisotopic (exact) mass is 301 g/mol. The molecule has 0 atom stereocenters. The predicted molar refractivity (Wildman–Crippen MR) is 87.7 cm³/mol. The third kappa shape index (κ3) is 4.62. The Kier molecular flexibility index (Phi) is 6.01. The first-order chi connectivity index (χ1) is 10.7. The van der Waals surface area contributed by atoms with Crippen molar-refractivity contribution in [3.05, 3.63) is 43.0 Å². The topological polar surface area (TPSA) is 52.7 Å². The van der Waals surface area contributed by atoms with Crippen LogP contribution >= 0.6 is 0 Å². The maximum atomic E-state index is 12.1. The van der Waals surface area contributed by atoms with Crippen molar-refractivity contribution in [3.63, 3.8) is 0 Å². The Morgan fingerprint density at radius 3 is 2.45 bits per heavy atom. The Balaban J connectivity index is 1.69. The van der Waals surface area contributed by atoms with Crippen molar-refractivity contribution >= 4 is 17.5 Å². The molecule has 5 nitrogen and oxygen atoms in total. The molecule has 118 valence electrons. The zero-order chi connectivity index (χ0) is 15.8. The summed E-state index contributed by atoms with van der Waals surface area (Å²) >= 11 is 0. The molecule has 0 aliphatic carbocycles. The molecule has 1 aromatic rings. The lowest BCUT2D eigenvalue weighted by atomic mass is 10.2. The number of benzene rings is 1. The minimum atomic E-state index is -0.191. The predicted octanol–water partition coefficient (Wildman–Crippen LogP) is 1.42. The highest BCUT2D eigenvalue weighted by Crippen LogP contribution is 2.15. The number of nitrogens with one attached hydrogen (secondary N) is 1. The molecule has 1 fully saturated rings. The number of anilines is 1. The van der Waals surface area contributed by atoms with Gasteiger partial charge in [-0.05, 0) is 24.6 Å². The van der Waals surface area contributed by atoms with Gasteiger partial charge in [-0.15, -0.1) is 0 Å². The number of amides is 2. The highest BCUT2D eigenvalue weighted by atomic mass is 16.2. The minimum absolute atomic E-state index is 0.167. The van der Waals surface area contributed by atoms with Gasteiger partial charge in [0.1, 0.15) is 0 Å². The third-order valence-electron chi connectivity index (χ3n) is 3.81. The summed E-state index contributed by atoms with van der Waals surface area (Å²) in [5, 5.41) is 2.68. The summed E-state index contributed by atoms with van der Waals surface area (Å²) in [5.41, 5.74) is 1.21. The first kappa shape index (κ1) is 16.1. The SMILES string of the molecule is C=CC(=O)NCCCC(=O)N1CCN(c2ccccc2)CC1. The molecule has 5 heteroatoms. The van der Waals surface area contributed by atoms with E-state index in [1.54, 1.807) is 0 Å². The van der Waals surface area contributed by atoms with Crippen LogP contribution in [0.1, 0.15) is 12.8 Å². The van der Waals surface area contributed by atoms with Gasteiger partial charge in [-0.25, -0.2) is 0 Å². The average molecular weight is 301 g/mol. The molecule has 1 N–H and O–H groups in total. The number of nitrogens with zero attached hydrogens (tertiary/aromatic N) is 2. The molecule has 0 aromatic heterocycles. The van der Waals surface area contributed by atoms with Crippen LogP contribution in [0.2, 0.25) is 0 Å². The van der Waals surface area contributed by atoms with Crippen molar-refractivity contribution < 1.29 is 9.59 Å². The van der Waals surface area contributed by atoms with E-state index < -0.39 is 0 Å². The average Bonchev–Trinajstić information content (AvgIpc) is 2.59. The van der Waals surface area contributed by atoms with Gasteiger partial charge in [0.25, 0.3) is 0 Å². The molecule has 1 aliphatic heterocycles. The highest BCUT2D eigenvalue weighted by Gasteiger charge is 2.20. The Bertz CT molecular complexity index is 508. The maximum Gasteiger partial charge on any atom is 0.243 e. The fourth-order valence-electron chi connectivity index (χ4n) is 2.53. The molecule has 0 radical (unpaired) electrons. The smallest absolute Gasteiger partial charge is 0.243 e. The van der Waals surface area contributed by atoms with E-state index in [-0.39, 0.29) is 11.8 Å². The van der Waals surface area contributed by atoms with E-state index in [0.717, 1.165) is 26.2 Å². The minimum Gasteiger partial charge on any atom is -0.368 e. The van der Waals surface area contributed by atoms with Crippen molar-refractivity contribution in [1.82, 2.24) is 10.2 Å². The summed E-state index contributed by atoms with van der Waals surface area (Å²) in [6, 6.07) is 10.3. The van der Waals surface area contributed by atoms with Crippen LogP contribution in [0, 0.1) is 0 Å².